The zero-order chi connectivity index (χ0) is 13.7. The lowest BCUT2D eigenvalue weighted by Crippen LogP contribution is -2.29. The number of amides is 1. The third-order valence-electron chi connectivity index (χ3n) is 3.10. The van der Waals surface area contributed by atoms with Gasteiger partial charge in [0.25, 0.3) is 5.91 Å². The first-order chi connectivity index (χ1) is 9.16. The molecule has 102 valence electrons. The van der Waals surface area contributed by atoms with Gasteiger partial charge in [0, 0.05) is 33.4 Å². The Morgan fingerprint density at radius 2 is 2.32 bits per heavy atom. The molecule has 1 aromatic rings. The van der Waals surface area contributed by atoms with Crippen LogP contribution >= 0.6 is 0 Å². The summed E-state index contributed by atoms with van der Waals surface area (Å²) in [5.74, 6) is 0.773. The van der Waals surface area contributed by atoms with Gasteiger partial charge in [0.1, 0.15) is 5.82 Å². The average Bonchev–Trinajstić information content (AvgIpc) is 2.46. The molecule has 5 heteroatoms. The van der Waals surface area contributed by atoms with E-state index in [-0.39, 0.29) is 5.91 Å². The summed E-state index contributed by atoms with van der Waals surface area (Å²) in [5, 5.41) is 6.18. The molecule has 1 aromatic heterocycles. The number of nitrogens with zero attached hydrogens (tertiary/aromatic N) is 2. The van der Waals surface area contributed by atoms with Crippen LogP contribution in [0.15, 0.2) is 30.0 Å². The van der Waals surface area contributed by atoms with Gasteiger partial charge in [-0.25, -0.2) is 4.98 Å². The van der Waals surface area contributed by atoms with Crippen molar-refractivity contribution in [2.45, 2.75) is 6.42 Å². The number of hydrogen-bond acceptors (Lipinski definition) is 4. The Kier molecular flexibility index (Phi) is 4.52. The maximum absolute atomic E-state index is 12.0. The minimum absolute atomic E-state index is 0.0720. The van der Waals surface area contributed by atoms with Crippen molar-refractivity contribution < 1.29 is 4.79 Å². The Morgan fingerprint density at radius 3 is 2.89 bits per heavy atom. The summed E-state index contributed by atoms with van der Waals surface area (Å²) in [6, 6.07) is 3.65. The number of nitrogens with one attached hydrogen (secondary N) is 2. The van der Waals surface area contributed by atoms with Gasteiger partial charge >= 0.3 is 0 Å². The summed E-state index contributed by atoms with van der Waals surface area (Å²) in [4.78, 5) is 18.1. The van der Waals surface area contributed by atoms with Crippen molar-refractivity contribution in [3.05, 3.63) is 35.5 Å². The summed E-state index contributed by atoms with van der Waals surface area (Å²) in [6.45, 7) is 2.50. The Labute approximate surface area is 113 Å². The largest absolute Gasteiger partial charge is 0.363 e. The number of hydrogen-bond donors (Lipinski definition) is 2. The highest BCUT2D eigenvalue weighted by Crippen LogP contribution is 2.08. The normalized spacial score (nSPS) is 14.7. The van der Waals surface area contributed by atoms with Crippen molar-refractivity contribution in [2.75, 3.05) is 38.6 Å². The van der Waals surface area contributed by atoms with Crippen LogP contribution in [0, 0.1) is 0 Å². The second kappa shape index (κ2) is 6.33. The van der Waals surface area contributed by atoms with Gasteiger partial charge in [0.15, 0.2) is 0 Å². The van der Waals surface area contributed by atoms with Crippen LogP contribution in [0.25, 0.3) is 0 Å². The minimum atomic E-state index is -0.0720. The first-order valence-electron chi connectivity index (χ1n) is 6.47. The molecule has 2 heterocycles. The molecule has 0 fully saturated rings. The lowest BCUT2D eigenvalue weighted by molar-refractivity contribution is 0.0956. The molecule has 0 spiro atoms. The maximum atomic E-state index is 12.0. The van der Waals surface area contributed by atoms with Gasteiger partial charge in [-0.1, -0.05) is 11.6 Å². The molecular formula is C14H20N4O. The topological polar surface area (TPSA) is 57.3 Å². The molecule has 0 saturated carbocycles. The third-order valence-corrected chi connectivity index (χ3v) is 3.10. The summed E-state index contributed by atoms with van der Waals surface area (Å²) in [6.07, 6.45) is 4.75. The minimum Gasteiger partial charge on any atom is -0.363 e. The smallest absolute Gasteiger partial charge is 0.253 e. The molecule has 1 aliphatic rings. The lowest BCUT2D eigenvalue weighted by atomic mass is 10.1. The molecule has 19 heavy (non-hydrogen) atoms. The van der Waals surface area contributed by atoms with Gasteiger partial charge in [-0.05, 0) is 25.1 Å². The van der Waals surface area contributed by atoms with Crippen LogP contribution in [-0.4, -0.2) is 44.6 Å². The molecule has 0 atom stereocenters. The fraction of sp³-hybridized carbons (Fsp3) is 0.429. The van der Waals surface area contributed by atoms with Crippen molar-refractivity contribution >= 4 is 11.7 Å². The predicted octanol–water partition coefficient (Wildman–Crippen LogP) is 0.797. The first kappa shape index (κ1) is 13.5. The van der Waals surface area contributed by atoms with E-state index in [4.69, 9.17) is 0 Å². The van der Waals surface area contributed by atoms with E-state index >= 15 is 0 Å². The van der Waals surface area contributed by atoms with Gasteiger partial charge in [0.2, 0.25) is 0 Å². The van der Waals surface area contributed by atoms with E-state index in [9.17, 15) is 4.79 Å². The van der Waals surface area contributed by atoms with Crippen molar-refractivity contribution in [3.8, 4) is 0 Å². The fourth-order valence-corrected chi connectivity index (χ4v) is 1.91. The van der Waals surface area contributed by atoms with Crippen molar-refractivity contribution in [3.63, 3.8) is 0 Å². The number of carbonyl (C=O) groups excluding carboxylic acids is 1. The number of rotatable bonds is 4. The molecular weight excluding hydrogens is 240 g/mol. The molecule has 0 aromatic carbocycles. The fourth-order valence-electron chi connectivity index (χ4n) is 1.91. The number of carbonyl (C=O) groups is 1. The van der Waals surface area contributed by atoms with Crippen LogP contribution in [0.1, 0.15) is 16.8 Å². The van der Waals surface area contributed by atoms with E-state index in [0.717, 1.165) is 25.3 Å². The van der Waals surface area contributed by atoms with Crippen LogP contribution in [0.3, 0.4) is 0 Å². The van der Waals surface area contributed by atoms with E-state index < -0.39 is 0 Å². The van der Waals surface area contributed by atoms with Gasteiger partial charge in [-0.2, -0.15) is 0 Å². The molecule has 0 radical (unpaired) electrons. The monoisotopic (exact) mass is 260 g/mol. The van der Waals surface area contributed by atoms with Crippen LogP contribution in [0.4, 0.5) is 5.82 Å². The van der Waals surface area contributed by atoms with Crippen molar-refractivity contribution in [1.29, 1.82) is 0 Å². The van der Waals surface area contributed by atoms with Gasteiger partial charge in [0.05, 0.1) is 5.56 Å². The van der Waals surface area contributed by atoms with E-state index in [1.807, 2.05) is 25.1 Å². The SMILES string of the molecule is CN(C)c1ccc(C(=O)NCC2=CCNCC2)cn1. The van der Waals surface area contributed by atoms with Crippen LogP contribution in [0.5, 0.6) is 0 Å². The molecule has 0 saturated heterocycles. The third kappa shape index (κ3) is 3.79. The summed E-state index contributed by atoms with van der Waals surface area (Å²) < 4.78 is 0. The van der Waals surface area contributed by atoms with E-state index in [1.54, 1.807) is 12.3 Å². The van der Waals surface area contributed by atoms with Crippen molar-refractivity contribution in [1.82, 2.24) is 15.6 Å². The number of pyridine rings is 1. The van der Waals surface area contributed by atoms with Crippen LogP contribution in [0.2, 0.25) is 0 Å². The molecule has 2 rings (SSSR count). The van der Waals surface area contributed by atoms with Crippen LogP contribution < -0.4 is 15.5 Å². The molecule has 0 bridgehead atoms. The number of aromatic nitrogens is 1. The summed E-state index contributed by atoms with van der Waals surface area (Å²) >= 11 is 0. The zero-order valence-electron chi connectivity index (χ0n) is 11.4. The molecule has 0 unspecified atom stereocenters. The highest BCUT2D eigenvalue weighted by Gasteiger charge is 2.08. The summed E-state index contributed by atoms with van der Waals surface area (Å²) in [5.41, 5.74) is 1.88. The number of anilines is 1. The molecule has 1 amide bonds. The maximum Gasteiger partial charge on any atom is 0.253 e. The van der Waals surface area contributed by atoms with Gasteiger partial charge in [-0.15, -0.1) is 0 Å². The predicted molar refractivity (Wildman–Crippen MR) is 76.5 cm³/mol. The zero-order valence-corrected chi connectivity index (χ0v) is 11.4. The Bertz CT molecular complexity index is 465. The first-order valence-corrected chi connectivity index (χ1v) is 6.47. The highest BCUT2D eigenvalue weighted by molar-refractivity contribution is 5.94. The molecule has 5 nitrogen and oxygen atoms in total. The van der Waals surface area contributed by atoms with E-state index in [2.05, 4.69) is 21.7 Å². The molecule has 1 aliphatic heterocycles. The average molecular weight is 260 g/mol. The Balaban J connectivity index is 1.90. The Morgan fingerprint density at radius 1 is 1.47 bits per heavy atom. The Hall–Kier alpha value is -1.88. The standard InChI is InChI=1S/C14H20N4O/c1-18(2)13-4-3-12(10-16-13)14(19)17-9-11-5-7-15-8-6-11/h3-5,10,15H,6-9H2,1-2H3,(H,17,19). The van der Waals surface area contributed by atoms with E-state index in [0.29, 0.717) is 12.1 Å². The quantitative estimate of drug-likeness (QED) is 0.786. The highest BCUT2D eigenvalue weighted by atomic mass is 16.1. The summed E-state index contributed by atoms with van der Waals surface area (Å²) in [7, 11) is 3.84. The lowest BCUT2D eigenvalue weighted by Gasteiger charge is -2.15. The molecule has 2 N–H and O–H groups in total. The van der Waals surface area contributed by atoms with Gasteiger partial charge < -0.3 is 15.5 Å². The second-order valence-electron chi connectivity index (χ2n) is 4.80. The van der Waals surface area contributed by atoms with Crippen molar-refractivity contribution in [2.24, 2.45) is 0 Å². The molecule has 0 aliphatic carbocycles. The van der Waals surface area contributed by atoms with Crippen LogP contribution in [-0.2, 0) is 0 Å². The van der Waals surface area contributed by atoms with E-state index in [1.165, 1.54) is 5.57 Å². The van der Waals surface area contributed by atoms with Gasteiger partial charge in [-0.3, -0.25) is 4.79 Å². The second-order valence-corrected chi connectivity index (χ2v) is 4.80.